The number of thiol groups is 2. The van der Waals surface area contributed by atoms with Crippen LogP contribution < -0.4 is 27.4 Å². The third kappa shape index (κ3) is 9.16. The lowest BCUT2D eigenvalue weighted by atomic mass is 10.1. The molecule has 0 saturated heterocycles. The summed E-state index contributed by atoms with van der Waals surface area (Å²) >= 11 is 8.04. The first-order chi connectivity index (χ1) is 15.1. The number of nitrogens with two attached hydrogens (primary N) is 2. The van der Waals surface area contributed by atoms with Crippen molar-refractivity contribution in [3.63, 3.8) is 0 Å². The van der Waals surface area contributed by atoms with E-state index in [9.17, 15) is 29.1 Å². The molecule has 8 N–H and O–H groups in total. The van der Waals surface area contributed by atoms with Crippen molar-refractivity contribution in [3.05, 3.63) is 35.9 Å². The molecule has 1 aromatic carbocycles. The number of carbonyl (C=O) groups is 5. The molecule has 0 fully saturated rings. The Morgan fingerprint density at radius 3 is 1.75 bits per heavy atom. The molecule has 0 saturated carbocycles. The van der Waals surface area contributed by atoms with Gasteiger partial charge in [0, 0.05) is 17.9 Å². The minimum absolute atomic E-state index is 0.0439. The van der Waals surface area contributed by atoms with Gasteiger partial charge in [-0.25, -0.2) is 4.79 Å². The van der Waals surface area contributed by atoms with Crippen LogP contribution in [0.2, 0.25) is 0 Å². The molecule has 0 aliphatic heterocycles. The molecule has 176 valence electrons. The van der Waals surface area contributed by atoms with Crippen molar-refractivity contribution in [3.8, 4) is 0 Å². The zero-order valence-corrected chi connectivity index (χ0v) is 18.9. The fourth-order valence-corrected chi connectivity index (χ4v) is 3.09. The zero-order valence-electron chi connectivity index (χ0n) is 17.1. The van der Waals surface area contributed by atoms with E-state index in [-0.39, 0.29) is 17.9 Å². The fourth-order valence-electron chi connectivity index (χ4n) is 2.57. The van der Waals surface area contributed by atoms with Crippen LogP contribution in [-0.4, -0.2) is 70.4 Å². The number of carboxylic acid groups (broad SMARTS) is 1. The number of amides is 4. The van der Waals surface area contributed by atoms with Gasteiger partial charge < -0.3 is 32.5 Å². The minimum atomic E-state index is -1.25. The Morgan fingerprint density at radius 2 is 1.31 bits per heavy atom. The molecule has 0 radical (unpaired) electrons. The second kappa shape index (κ2) is 13.6. The molecule has 0 aliphatic carbocycles. The average Bonchev–Trinajstić information content (AvgIpc) is 2.74. The molecule has 0 heterocycles. The number of benzene rings is 1. The summed E-state index contributed by atoms with van der Waals surface area (Å²) in [5.41, 5.74) is 11.2. The Hall–Kier alpha value is -2.77. The third-order valence-corrected chi connectivity index (χ3v) is 5.02. The highest BCUT2D eigenvalue weighted by molar-refractivity contribution is 7.80. The molecule has 1 rings (SSSR count). The van der Waals surface area contributed by atoms with E-state index in [2.05, 4.69) is 41.2 Å². The van der Waals surface area contributed by atoms with E-state index >= 15 is 0 Å². The summed E-state index contributed by atoms with van der Waals surface area (Å²) in [5.74, 6) is -4.60. The molecule has 0 aromatic heterocycles. The van der Waals surface area contributed by atoms with Crippen LogP contribution in [0.25, 0.3) is 0 Å². The number of primary amides is 1. The highest BCUT2D eigenvalue weighted by Gasteiger charge is 2.29. The van der Waals surface area contributed by atoms with Crippen molar-refractivity contribution < 1.29 is 29.1 Å². The van der Waals surface area contributed by atoms with Gasteiger partial charge in [-0.2, -0.15) is 25.3 Å². The van der Waals surface area contributed by atoms with Crippen LogP contribution in [-0.2, 0) is 30.4 Å². The lowest BCUT2D eigenvalue weighted by Crippen LogP contribution is -2.58. The number of aliphatic carboxylic acids is 1. The van der Waals surface area contributed by atoms with Crippen molar-refractivity contribution in [2.24, 2.45) is 11.5 Å². The molecule has 0 aliphatic rings. The van der Waals surface area contributed by atoms with Crippen molar-refractivity contribution >= 4 is 54.9 Å². The summed E-state index contributed by atoms with van der Waals surface area (Å²) in [7, 11) is 0. The molecule has 11 nitrogen and oxygen atoms in total. The molecule has 0 bridgehead atoms. The average molecular weight is 486 g/mol. The number of hydrogen-bond acceptors (Lipinski definition) is 8. The summed E-state index contributed by atoms with van der Waals surface area (Å²) in [5, 5.41) is 16.5. The number of carbonyl (C=O) groups excluding carboxylic acids is 4. The molecular formula is C19H27N5O6S2. The monoisotopic (exact) mass is 485 g/mol. The quantitative estimate of drug-likeness (QED) is 0.146. The smallest absolute Gasteiger partial charge is 0.326 e. The van der Waals surface area contributed by atoms with E-state index in [1.807, 2.05) is 0 Å². The van der Waals surface area contributed by atoms with Gasteiger partial charge in [-0.05, 0) is 5.56 Å². The first-order valence-corrected chi connectivity index (χ1v) is 10.8. The van der Waals surface area contributed by atoms with Crippen molar-refractivity contribution in [2.75, 3.05) is 11.5 Å². The van der Waals surface area contributed by atoms with Gasteiger partial charge in [-0.1, -0.05) is 30.3 Å². The minimum Gasteiger partial charge on any atom is -0.480 e. The lowest BCUT2D eigenvalue weighted by Gasteiger charge is -2.23. The number of rotatable bonds is 13. The molecule has 4 unspecified atom stereocenters. The van der Waals surface area contributed by atoms with Crippen LogP contribution >= 0.6 is 25.3 Å². The predicted molar refractivity (Wildman–Crippen MR) is 123 cm³/mol. The Bertz CT molecular complexity index is 826. The molecule has 32 heavy (non-hydrogen) atoms. The van der Waals surface area contributed by atoms with Crippen LogP contribution in [0.4, 0.5) is 0 Å². The highest BCUT2D eigenvalue weighted by Crippen LogP contribution is 2.04. The first kappa shape index (κ1) is 27.3. The van der Waals surface area contributed by atoms with E-state index in [0.29, 0.717) is 5.56 Å². The van der Waals surface area contributed by atoms with Crippen molar-refractivity contribution in [1.29, 1.82) is 0 Å². The Balaban J connectivity index is 2.76. The van der Waals surface area contributed by atoms with E-state index in [4.69, 9.17) is 11.5 Å². The lowest BCUT2D eigenvalue weighted by molar-refractivity contribution is -0.142. The molecule has 0 spiro atoms. The van der Waals surface area contributed by atoms with Gasteiger partial charge in [0.15, 0.2) is 0 Å². The summed E-state index contributed by atoms with van der Waals surface area (Å²) in [6.07, 6.45) is -0.366. The largest absolute Gasteiger partial charge is 0.480 e. The summed E-state index contributed by atoms with van der Waals surface area (Å²) in [4.78, 5) is 59.5. The van der Waals surface area contributed by atoms with Gasteiger partial charge in [0.2, 0.25) is 23.6 Å². The van der Waals surface area contributed by atoms with Crippen molar-refractivity contribution in [2.45, 2.75) is 37.0 Å². The Morgan fingerprint density at radius 1 is 0.844 bits per heavy atom. The molecular weight excluding hydrogens is 458 g/mol. The number of hydrogen-bond donors (Lipinski definition) is 8. The van der Waals surface area contributed by atoms with E-state index in [1.165, 1.54) is 0 Å². The molecule has 1 aromatic rings. The SMILES string of the molecule is NC(=O)CC(N)C(=O)NC(CS)C(=O)NC(CS)C(=O)NC(Cc1ccccc1)C(=O)O. The standard InChI is InChI=1S/C19H27N5O6S2/c20-11(7-15(21)25)16(26)23-13(8-31)18(28)24-14(9-32)17(27)22-12(19(29)30)6-10-4-2-1-3-5-10/h1-5,11-14,31-32H,6-9,20H2,(H2,21,25)(H,22,27)(H,23,26)(H,24,28)(H,29,30). The summed E-state index contributed by atoms with van der Waals surface area (Å²) in [6.45, 7) is 0. The van der Waals surface area contributed by atoms with Gasteiger partial charge >= 0.3 is 5.97 Å². The van der Waals surface area contributed by atoms with E-state index < -0.39 is 60.2 Å². The predicted octanol–water partition coefficient (Wildman–Crippen LogP) is -2.17. The maximum Gasteiger partial charge on any atom is 0.326 e. The summed E-state index contributed by atoms with van der Waals surface area (Å²) in [6, 6.07) is 3.90. The van der Waals surface area contributed by atoms with E-state index in [1.54, 1.807) is 30.3 Å². The normalized spacial score (nSPS) is 14.3. The van der Waals surface area contributed by atoms with Crippen LogP contribution in [0.15, 0.2) is 30.3 Å². The summed E-state index contributed by atoms with van der Waals surface area (Å²) < 4.78 is 0. The third-order valence-electron chi connectivity index (χ3n) is 4.29. The second-order valence-electron chi connectivity index (χ2n) is 6.85. The maximum atomic E-state index is 12.6. The molecule has 4 atom stereocenters. The van der Waals surface area contributed by atoms with Crippen LogP contribution in [0.1, 0.15) is 12.0 Å². The Labute approximate surface area is 195 Å². The van der Waals surface area contributed by atoms with Gasteiger partial charge in [0.25, 0.3) is 0 Å². The van der Waals surface area contributed by atoms with Gasteiger partial charge in [0.05, 0.1) is 12.5 Å². The maximum absolute atomic E-state index is 12.6. The van der Waals surface area contributed by atoms with E-state index in [0.717, 1.165) is 0 Å². The first-order valence-electron chi connectivity index (χ1n) is 9.52. The zero-order chi connectivity index (χ0) is 24.3. The second-order valence-corrected chi connectivity index (χ2v) is 7.58. The highest BCUT2D eigenvalue weighted by atomic mass is 32.1. The molecule has 13 heteroatoms. The van der Waals surface area contributed by atoms with Crippen LogP contribution in [0, 0.1) is 0 Å². The van der Waals surface area contributed by atoms with Crippen LogP contribution in [0.3, 0.4) is 0 Å². The topological polar surface area (TPSA) is 194 Å². The van der Waals surface area contributed by atoms with Gasteiger partial charge in [0.1, 0.15) is 18.1 Å². The van der Waals surface area contributed by atoms with Crippen molar-refractivity contribution in [1.82, 2.24) is 16.0 Å². The van der Waals surface area contributed by atoms with Gasteiger partial charge in [-0.15, -0.1) is 0 Å². The Kier molecular flexibility index (Phi) is 11.6. The van der Waals surface area contributed by atoms with Gasteiger partial charge in [-0.3, -0.25) is 19.2 Å². The number of carboxylic acids is 1. The number of nitrogens with one attached hydrogen (secondary N) is 3. The van der Waals surface area contributed by atoms with Crippen LogP contribution in [0.5, 0.6) is 0 Å². The fraction of sp³-hybridized carbons (Fsp3) is 0.421. The molecule has 4 amide bonds.